The molecule has 1 saturated carbocycles. The van der Waals surface area contributed by atoms with E-state index in [1.165, 1.54) is 0 Å². The molecule has 4 N–H and O–H groups in total. The van der Waals surface area contributed by atoms with Gasteiger partial charge in [0.2, 0.25) is 11.8 Å². The SMILES string of the molecule is CC(CN)C(=O)N(Cc1ccc(C(N)=O)cc1)C1CC1.Cl. The third-order valence-electron chi connectivity index (χ3n) is 3.64. The maximum Gasteiger partial charge on any atom is 0.248 e. The molecule has 0 saturated heterocycles. The fourth-order valence-electron chi connectivity index (χ4n) is 2.13. The van der Waals surface area contributed by atoms with Crippen molar-refractivity contribution in [1.29, 1.82) is 0 Å². The molecule has 2 amide bonds. The van der Waals surface area contributed by atoms with E-state index in [2.05, 4.69) is 0 Å². The number of amides is 2. The first-order chi connectivity index (χ1) is 9.52. The standard InChI is InChI=1S/C15H21N3O2.ClH/c1-10(8-16)15(20)18(13-6-7-13)9-11-2-4-12(5-3-11)14(17)19;/h2-5,10,13H,6-9,16H2,1H3,(H2,17,19);1H. The number of primary amides is 1. The first kappa shape index (κ1) is 17.5. The Kier molecular flexibility index (Phi) is 6.18. The summed E-state index contributed by atoms with van der Waals surface area (Å²) in [6.07, 6.45) is 2.12. The first-order valence-electron chi connectivity index (χ1n) is 6.92. The van der Waals surface area contributed by atoms with Gasteiger partial charge < -0.3 is 16.4 Å². The van der Waals surface area contributed by atoms with Gasteiger partial charge in [0.25, 0.3) is 0 Å². The van der Waals surface area contributed by atoms with Gasteiger partial charge in [0.1, 0.15) is 0 Å². The van der Waals surface area contributed by atoms with Crippen LogP contribution in [0.1, 0.15) is 35.7 Å². The number of nitrogens with zero attached hydrogens (tertiary/aromatic N) is 1. The van der Waals surface area contributed by atoms with Gasteiger partial charge in [-0.05, 0) is 30.5 Å². The number of carbonyl (C=O) groups is 2. The van der Waals surface area contributed by atoms with E-state index in [1.807, 2.05) is 24.0 Å². The fourth-order valence-corrected chi connectivity index (χ4v) is 2.13. The van der Waals surface area contributed by atoms with Crippen molar-refractivity contribution in [2.24, 2.45) is 17.4 Å². The van der Waals surface area contributed by atoms with Gasteiger partial charge in [0, 0.05) is 30.6 Å². The molecule has 1 aliphatic carbocycles. The average molecular weight is 312 g/mol. The molecule has 1 aromatic carbocycles. The third-order valence-corrected chi connectivity index (χ3v) is 3.64. The molecule has 6 heteroatoms. The summed E-state index contributed by atoms with van der Waals surface area (Å²) in [5, 5.41) is 0. The van der Waals surface area contributed by atoms with Gasteiger partial charge in [0.15, 0.2) is 0 Å². The molecular weight excluding hydrogens is 290 g/mol. The quantitative estimate of drug-likeness (QED) is 0.829. The van der Waals surface area contributed by atoms with E-state index in [1.54, 1.807) is 12.1 Å². The minimum Gasteiger partial charge on any atom is -0.366 e. The lowest BCUT2D eigenvalue weighted by molar-refractivity contribution is -0.135. The molecule has 0 radical (unpaired) electrons. The van der Waals surface area contributed by atoms with E-state index in [0.29, 0.717) is 24.7 Å². The molecule has 5 nitrogen and oxygen atoms in total. The van der Waals surface area contributed by atoms with E-state index in [0.717, 1.165) is 18.4 Å². The molecule has 116 valence electrons. The van der Waals surface area contributed by atoms with Gasteiger partial charge >= 0.3 is 0 Å². The van der Waals surface area contributed by atoms with E-state index >= 15 is 0 Å². The van der Waals surface area contributed by atoms with Crippen LogP contribution in [0.5, 0.6) is 0 Å². The minimum atomic E-state index is -0.441. The second-order valence-electron chi connectivity index (χ2n) is 5.40. The predicted octanol–water partition coefficient (Wildman–Crippen LogP) is 1.29. The Morgan fingerprint density at radius 3 is 2.29 bits per heavy atom. The molecule has 1 unspecified atom stereocenters. The highest BCUT2D eigenvalue weighted by atomic mass is 35.5. The largest absolute Gasteiger partial charge is 0.366 e. The molecule has 0 spiro atoms. The van der Waals surface area contributed by atoms with Crippen molar-refractivity contribution >= 4 is 24.2 Å². The van der Waals surface area contributed by atoms with Gasteiger partial charge in [-0.25, -0.2) is 0 Å². The number of nitrogens with two attached hydrogens (primary N) is 2. The zero-order valence-corrected chi connectivity index (χ0v) is 12.9. The van der Waals surface area contributed by atoms with Gasteiger partial charge in [-0.2, -0.15) is 0 Å². The van der Waals surface area contributed by atoms with Crippen molar-refractivity contribution in [3.8, 4) is 0 Å². The Morgan fingerprint density at radius 1 is 1.29 bits per heavy atom. The number of rotatable bonds is 6. The summed E-state index contributed by atoms with van der Waals surface area (Å²) >= 11 is 0. The van der Waals surface area contributed by atoms with Crippen molar-refractivity contribution in [2.45, 2.75) is 32.4 Å². The highest BCUT2D eigenvalue weighted by molar-refractivity contribution is 5.92. The number of hydrogen-bond donors (Lipinski definition) is 2. The molecule has 0 aliphatic heterocycles. The summed E-state index contributed by atoms with van der Waals surface area (Å²) in [5.74, 6) is -0.488. The molecule has 1 fully saturated rings. The molecule has 21 heavy (non-hydrogen) atoms. The summed E-state index contributed by atoms with van der Waals surface area (Å²) < 4.78 is 0. The molecule has 1 aliphatic rings. The third kappa shape index (κ3) is 4.44. The van der Waals surface area contributed by atoms with Crippen molar-refractivity contribution in [3.05, 3.63) is 35.4 Å². The van der Waals surface area contributed by atoms with E-state index in [4.69, 9.17) is 11.5 Å². The Labute approximate surface area is 131 Å². The van der Waals surface area contributed by atoms with Crippen LogP contribution >= 0.6 is 12.4 Å². The van der Waals surface area contributed by atoms with Crippen molar-refractivity contribution in [2.75, 3.05) is 6.54 Å². The number of halogens is 1. The highest BCUT2D eigenvalue weighted by Crippen LogP contribution is 2.29. The lowest BCUT2D eigenvalue weighted by Crippen LogP contribution is -2.39. The predicted molar refractivity (Wildman–Crippen MR) is 84.0 cm³/mol. The summed E-state index contributed by atoms with van der Waals surface area (Å²) in [6, 6.07) is 7.41. The van der Waals surface area contributed by atoms with Crippen LogP contribution in [-0.2, 0) is 11.3 Å². The van der Waals surface area contributed by atoms with Crippen LogP contribution in [0.4, 0.5) is 0 Å². The monoisotopic (exact) mass is 311 g/mol. The zero-order valence-electron chi connectivity index (χ0n) is 12.1. The second kappa shape index (κ2) is 7.43. The minimum absolute atomic E-state index is 0. The van der Waals surface area contributed by atoms with Gasteiger partial charge in [0.05, 0.1) is 0 Å². The van der Waals surface area contributed by atoms with Crippen LogP contribution in [0.2, 0.25) is 0 Å². The molecule has 0 bridgehead atoms. The van der Waals surface area contributed by atoms with Crippen molar-refractivity contribution < 1.29 is 9.59 Å². The summed E-state index contributed by atoms with van der Waals surface area (Å²) in [7, 11) is 0. The second-order valence-corrected chi connectivity index (χ2v) is 5.40. The number of carbonyl (C=O) groups excluding carboxylic acids is 2. The summed E-state index contributed by atoms with van der Waals surface area (Å²) in [5.41, 5.74) is 12.3. The van der Waals surface area contributed by atoms with Crippen LogP contribution in [0.3, 0.4) is 0 Å². The number of hydrogen-bond acceptors (Lipinski definition) is 3. The molecular formula is C15H22ClN3O2. The fraction of sp³-hybridized carbons (Fsp3) is 0.467. The molecule has 1 atom stereocenters. The molecule has 0 aromatic heterocycles. The van der Waals surface area contributed by atoms with E-state index in [-0.39, 0.29) is 24.2 Å². The summed E-state index contributed by atoms with van der Waals surface area (Å²) in [6.45, 7) is 2.78. The smallest absolute Gasteiger partial charge is 0.248 e. The van der Waals surface area contributed by atoms with E-state index < -0.39 is 5.91 Å². The van der Waals surface area contributed by atoms with Gasteiger partial charge in [-0.15, -0.1) is 12.4 Å². The Morgan fingerprint density at radius 2 is 1.86 bits per heavy atom. The number of benzene rings is 1. The Bertz CT molecular complexity index is 500. The van der Waals surface area contributed by atoms with Crippen LogP contribution in [-0.4, -0.2) is 29.3 Å². The molecule has 0 heterocycles. The maximum absolute atomic E-state index is 12.3. The van der Waals surface area contributed by atoms with Crippen LogP contribution < -0.4 is 11.5 Å². The van der Waals surface area contributed by atoms with E-state index in [9.17, 15) is 9.59 Å². The Balaban J connectivity index is 0.00000220. The normalized spacial score (nSPS) is 15.0. The lowest BCUT2D eigenvalue weighted by Gasteiger charge is -2.25. The topological polar surface area (TPSA) is 89.4 Å². The average Bonchev–Trinajstić information content (AvgIpc) is 3.28. The van der Waals surface area contributed by atoms with Crippen LogP contribution in [0, 0.1) is 5.92 Å². The maximum atomic E-state index is 12.3. The molecule has 1 aromatic rings. The van der Waals surface area contributed by atoms with Crippen molar-refractivity contribution in [3.63, 3.8) is 0 Å². The molecule has 2 rings (SSSR count). The van der Waals surface area contributed by atoms with Crippen LogP contribution in [0.25, 0.3) is 0 Å². The highest BCUT2D eigenvalue weighted by Gasteiger charge is 2.34. The zero-order chi connectivity index (χ0) is 14.7. The first-order valence-corrected chi connectivity index (χ1v) is 6.92. The lowest BCUT2D eigenvalue weighted by atomic mass is 10.1. The Hall–Kier alpha value is -1.59. The van der Waals surface area contributed by atoms with Gasteiger partial charge in [-0.3, -0.25) is 9.59 Å². The summed E-state index contributed by atoms with van der Waals surface area (Å²) in [4.78, 5) is 25.2. The van der Waals surface area contributed by atoms with Gasteiger partial charge in [-0.1, -0.05) is 19.1 Å². The van der Waals surface area contributed by atoms with Crippen LogP contribution in [0.15, 0.2) is 24.3 Å². The van der Waals surface area contributed by atoms with Crippen molar-refractivity contribution in [1.82, 2.24) is 4.90 Å².